The molecule has 2 aromatic carbocycles. The molecule has 36 heavy (non-hydrogen) atoms. The van der Waals surface area contributed by atoms with Crippen molar-refractivity contribution in [3.8, 4) is 16.9 Å². The van der Waals surface area contributed by atoms with E-state index in [-0.39, 0.29) is 17.7 Å². The van der Waals surface area contributed by atoms with Crippen LogP contribution in [0.4, 0.5) is 17.3 Å². The van der Waals surface area contributed by atoms with Gasteiger partial charge in [0.1, 0.15) is 0 Å². The van der Waals surface area contributed by atoms with Gasteiger partial charge in [-0.3, -0.25) is 9.78 Å². The van der Waals surface area contributed by atoms with E-state index in [2.05, 4.69) is 25.6 Å². The van der Waals surface area contributed by atoms with Crippen LogP contribution < -0.4 is 10.6 Å². The molecule has 0 bridgehead atoms. The van der Waals surface area contributed by atoms with Gasteiger partial charge in [-0.25, -0.2) is 9.97 Å². The number of nitrogens with one attached hydrogen (secondary N) is 2. The van der Waals surface area contributed by atoms with Crippen molar-refractivity contribution in [2.75, 3.05) is 10.6 Å². The third-order valence-corrected chi connectivity index (χ3v) is 5.22. The van der Waals surface area contributed by atoms with E-state index >= 15 is 0 Å². The first kappa shape index (κ1) is 15.3. The first-order chi connectivity index (χ1) is 20.7. The smallest absolute Gasteiger partial charge is 0.255 e. The van der Waals surface area contributed by atoms with E-state index < -0.39 is 53.9 Å². The van der Waals surface area contributed by atoms with Crippen molar-refractivity contribution in [1.29, 1.82) is 0 Å². The van der Waals surface area contributed by atoms with Gasteiger partial charge in [0.05, 0.1) is 12.5 Å². The molecule has 7 heteroatoms. The van der Waals surface area contributed by atoms with E-state index in [1.165, 1.54) is 12.4 Å². The van der Waals surface area contributed by atoms with Gasteiger partial charge in [0.25, 0.3) is 5.91 Å². The quantitative estimate of drug-likeness (QED) is 0.299. The second-order valence-corrected chi connectivity index (χ2v) is 8.11. The summed E-state index contributed by atoms with van der Waals surface area (Å²) < 4.78 is 68.3. The molecule has 0 atom stereocenters. The number of hydrogen-bond acceptors (Lipinski definition) is 5. The van der Waals surface area contributed by atoms with Gasteiger partial charge in [0.15, 0.2) is 0 Å². The predicted octanol–water partition coefficient (Wildman–Crippen LogP) is 6.25. The molecule has 5 rings (SSSR count). The third-order valence-electron chi connectivity index (χ3n) is 5.22. The summed E-state index contributed by atoms with van der Waals surface area (Å²) in [6, 6.07) is 8.00. The standard InChI is InChI=1S/C29H26N6O/c1-19-9-12-35(18-19)25-14-20(2)13-24(16-25)32-28(36)22-7-6-21(3)27(15-22)34-29-31-11-8-26(33-29)23-5-4-10-30-17-23/h4-18H,1-3H3,(H,32,36)(H,31,33,34)/i3D3,6D,7D,8D,11D,15D. The van der Waals surface area contributed by atoms with Gasteiger partial charge in [0, 0.05) is 63.3 Å². The van der Waals surface area contributed by atoms with Crippen LogP contribution in [0.1, 0.15) is 38.0 Å². The fourth-order valence-electron chi connectivity index (χ4n) is 3.56. The van der Waals surface area contributed by atoms with Crippen molar-refractivity contribution in [3.05, 3.63) is 114 Å². The summed E-state index contributed by atoms with van der Waals surface area (Å²) in [5, 5.41) is 5.30. The highest BCUT2D eigenvalue weighted by Crippen LogP contribution is 2.24. The van der Waals surface area contributed by atoms with Gasteiger partial charge in [-0.15, -0.1) is 0 Å². The Kier molecular flexibility index (Phi) is 4.17. The third kappa shape index (κ3) is 5.15. The fourth-order valence-corrected chi connectivity index (χ4v) is 3.56. The Labute approximate surface area is 221 Å². The molecule has 0 radical (unpaired) electrons. The number of nitrogens with zero attached hydrogens (tertiary/aromatic N) is 4. The summed E-state index contributed by atoms with van der Waals surface area (Å²) in [7, 11) is 0. The van der Waals surface area contributed by atoms with Crippen LogP contribution in [0.5, 0.6) is 0 Å². The van der Waals surface area contributed by atoms with Crippen LogP contribution in [-0.4, -0.2) is 25.4 Å². The molecule has 1 amide bonds. The molecule has 3 aromatic heterocycles. The van der Waals surface area contributed by atoms with Crippen molar-refractivity contribution < 1.29 is 15.8 Å². The molecule has 7 nitrogen and oxygen atoms in total. The van der Waals surface area contributed by atoms with E-state index in [1.54, 1.807) is 24.3 Å². The molecule has 0 fully saturated rings. The molecule has 178 valence electrons. The molecule has 5 aromatic rings. The number of hydrogen-bond donors (Lipinski definition) is 2. The number of carbonyl (C=O) groups is 1. The largest absolute Gasteiger partial charge is 0.324 e. The maximum Gasteiger partial charge on any atom is 0.255 e. The first-order valence-electron chi connectivity index (χ1n) is 15.0. The highest BCUT2D eigenvalue weighted by molar-refractivity contribution is 6.05. The maximum atomic E-state index is 13.6. The molecule has 0 aliphatic heterocycles. The van der Waals surface area contributed by atoms with Gasteiger partial charge >= 0.3 is 0 Å². The molecular weight excluding hydrogens is 448 g/mol. The lowest BCUT2D eigenvalue weighted by atomic mass is 10.1. The fraction of sp³-hybridized carbons (Fsp3) is 0.103. The average molecular weight is 483 g/mol. The van der Waals surface area contributed by atoms with Crippen molar-refractivity contribution in [2.24, 2.45) is 0 Å². The lowest BCUT2D eigenvalue weighted by Gasteiger charge is -2.13. The number of anilines is 3. The molecule has 0 saturated carbocycles. The summed E-state index contributed by atoms with van der Waals surface area (Å²) in [6.07, 6.45) is 6.25. The Morgan fingerprint density at radius 2 is 2.03 bits per heavy atom. The zero-order valence-corrected chi connectivity index (χ0v) is 19.5. The first-order valence-corrected chi connectivity index (χ1v) is 11.0. The maximum absolute atomic E-state index is 13.6. The highest BCUT2D eigenvalue weighted by atomic mass is 16.1. The summed E-state index contributed by atoms with van der Waals surface area (Å²) in [5.41, 5.74) is 1.71. The SMILES string of the molecule is [2H]c1nc(Nc2c([2H])c(C(=O)Nc3cc(C)cc(-n4ccc(C)c4)c3)c([2H])c([2H])c2C([2H])([2H])[2H])nc(-c2cccnc2)c1[2H]. The molecule has 0 unspecified atom stereocenters. The summed E-state index contributed by atoms with van der Waals surface area (Å²) >= 11 is 0. The van der Waals surface area contributed by atoms with Gasteiger partial charge in [-0.05, 0) is 91.9 Å². The van der Waals surface area contributed by atoms with Crippen LogP contribution >= 0.6 is 0 Å². The van der Waals surface area contributed by atoms with Crippen molar-refractivity contribution in [1.82, 2.24) is 19.5 Å². The van der Waals surface area contributed by atoms with E-state index in [4.69, 9.17) is 11.0 Å². The van der Waals surface area contributed by atoms with Crippen LogP contribution in [0, 0.1) is 20.7 Å². The van der Waals surface area contributed by atoms with E-state index in [9.17, 15) is 4.79 Å². The minimum Gasteiger partial charge on any atom is -0.324 e. The molecule has 0 aliphatic rings. The lowest BCUT2D eigenvalue weighted by Crippen LogP contribution is -2.13. The predicted molar refractivity (Wildman–Crippen MR) is 143 cm³/mol. The number of aromatic nitrogens is 4. The van der Waals surface area contributed by atoms with Crippen LogP contribution in [0.15, 0.2) is 91.5 Å². The number of carbonyl (C=O) groups excluding carboxylic acids is 1. The van der Waals surface area contributed by atoms with Crippen LogP contribution in [-0.2, 0) is 0 Å². The van der Waals surface area contributed by atoms with E-state index in [0.717, 1.165) is 16.8 Å². The number of aryl methyl sites for hydroxylation is 2. The zero-order chi connectivity index (χ0) is 31.9. The summed E-state index contributed by atoms with van der Waals surface area (Å²) in [4.78, 5) is 25.8. The van der Waals surface area contributed by atoms with Gasteiger partial charge in [0.2, 0.25) is 5.95 Å². The number of rotatable bonds is 6. The molecule has 2 N–H and O–H groups in total. The average Bonchev–Trinajstić information content (AvgIpc) is 3.39. The Hall–Kier alpha value is -4.78. The van der Waals surface area contributed by atoms with Crippen molar-refractivity contribution >= 4 is 23.2 Å². The van der Waals surface area contributed by atoms with Crippen LogP contribution in [0.25, 0.3) is 16.9 Å². The Morgan fingerprint density at radius 3 is 2.81 bits per heavy atom. The van der Waals surface area contributed by atoms with Crippen molar-refractivity contribution in [3.63, 3.8) is 0 Å². The second-order valence-electron chi connectivity index (χ2n) is 8.11. The molecule has 0 aliphatic carbocycles. The Balaban J connectivity index is 1.60. The van der Waals surface area contributed by atoms with E-state index in [1.807, 2.05) is 42.9 Å². The van der Waals surface area contributed by atoms with Crippen molar-refractivity contribution in [2.45, 2.75) is 20.7 Å². The summed E-state index contributed by atoms with van der Waals surface area (Å²) in [6.45, 7) is 0.828. The number of benzene rings is 2. The normalized spacial score (nSPS) is 14.3. The molecular formula is C29H26N6O. The van der Waals surface area contributed by atoms with Gasteiger partial charge in [-0.1, -0.05) is 6.04 Å². The Bertz CT molecular complexity index is 1910. The van der Waals surface area contributed by atoms with E-state index in [0.29, 0.717) is 11.3 Å². The molecule has 3 heterocycles. The van der Waals surface area contributed by atoms with Crippen LogP contribution in [0.2, 0.25) is 0 Å². The van der Waals surface area contributed by atoms with Gasteiger partial charge < -0.3 is 15.2 Å². The minimum atomic E-state index is -2.97. The highest BCUT2D eigenvalue weighted by Gasteiger charge is 2.12. The summed E-state index contributed by atoms with van der Waals surface area (Å²) in [5.74, 6) is -1.23. The topological polar surface area (TPSA) is 84.7 Å². The zero-order valence-electron chi connectivity index (χ0n) is 27.5. The molecule has 0 saturated heterocycles. The second kappa shape index (κ2) is 9.84. The monoisotopic (exact) mass is 482 g/mol. The van der Waals surface area contributed by atoms with Crippen LogP contribution in [0.3, 0.4) is 0 Å². The van der Waals surface area contributed by atoms with Gasteiger partial charge in [-0.2, -0.15) is 0 Å². The molecule has 0 spiro atoms. The lowest BCUT2D eigenvalue weighted by molar-refractivity contribution is 0.102. The Morgan fingerprint density at radius 1 is 1.11 bits per heavy atom. The number of pyridine rings is 1. The minimum absolute atomic E-state index is 0.0249. The number of amides is 1.